The molecule has 0 radical (unpaired) electrons. The highest BCUT2D eigenvalue weighted by molar-refractivity contribution is 6.21. The monoisotopic (exact) mass is 294 g/mol. The van der Waals surface area contributed by atoms with Gasteiger partial charge in [-0.15, -0.1) is 23.2 Å². The molecule has 1 rings (SSSR count). The zero-order chi connectivity index (χ0) is 13.8. The van der Waals surface area contributed by atoms with Gasteiger partial charge in [0.25, 0.3) is 0 Å². The first kappa shape index (κ1) is 15.7. The van der Waals surface area contributed by atoms with Gasteiger partial charge in [-0.3, -0.25) is 0 Å². The van der Waals surface area contributed by atoms with Gasteiger partial charge < -0.3 is 0 Å². The van der Waals surface area contributed by atoms with Gasteiger partial charge in [0.2, 0.25) is 0 Å². The van der Waals surface area contributed by atoms with Crippen molar-refractivity contribution in [1.82, 2.24) is 0 Å². The molecule has 0 atom stereocenters. The maximum atomic E-state index is 13.7. The molecule has 0 N–H and O–H groups in total. The Labute approximate surface area is 117 Å². The van der Waals surface area contributed by atoms with E-state index in [4.69, 9.17) is 23.2 Å². The molecule has 0 spiro atoms. The smallest absolute Gasteiger partial charge is 0.126 e. The van der Waals surface area contributed by atoms with Crippen molar-refractivity contribution in [2.24, 2.45) is 11.3 Å². The van der Waals surface area contributed by atoms with Gasteiger partial charge in [-0.2, -0.15) is 0 Å². The van der Waals surface area contributed by atoms with Gasteiger partial charge in [-0.25, -0.2) is 8.78 Å². The van der Waals surface area contributed by atoms with Crippen LogP contribution in [0.1, 0.15) is 25.8 Å². The highest BCUT2D eigenvalue weighted by Crippen LogP contribution is 2.34. The summed E-state index contributed by atoms with van der Waals surface area (Å²) in [6.45, 7) is 4.13. The third-order valence-corrected chi connectivity index (χ3v) is 4.12. The van der Waals surface area contributed by atoms with Crippen LogP contribution in [0.5, 0.6) is 0 Å². The van der Waals surface area contributed by atoms with Gasteiger partial charge in [-0.1, -0.05) is 13.8 Å². The topological polar surface area (TPSA) is 0 Å². The van der Waals surface area contributed by atoms with Crippen molar-refractivity contribution in [2.75, 3.05) is 11.8 Å². The van der Waals surface area contributed by atoms with E-state index >= 15 is 0 Å². The van der Waals surface area contributed by atoms with Gasteiger partial charge in [0.05, 0.1) is 0 Å². The molecule has 1 aromatic carbocycles. The molecule has 0 amide bonds. The van der Waals surface area contributed by atoms with E-state index < -0.39 is 11.6 Å². The largest absolute Gasteiger partial charge is 0.207 e. The summed E-state index contributed by atoms with van der Waals surface area (Å²) in [5.74, 6) is 0.239. The van der Waals surface area contributed by atoms with Gasteiger partial charge in [-0.05, 0) is 42.5 Å². The maximum Gasteiger partial charge on any atom is 0.126 e. The highest BCUT2D eigenvalue weighted by Gasteiger charge is 2.30. The van der Waals surface area contributed by atoms with Crippen LogP contribution in [0.2, 0.25) is 0 Å². The molecule has 0 bridgehead atoms. The predicted octanol–water partition coefficient (Wildman–Crippen LogP) is 5.02. The van der Waals surface area contributed by atoms with Crippen LogP contribution >= 0.6 is 23.2 Å². The SMILES string of the molecule is CC(C)CC(CCl)(CCl)Cc1cc(F)ccc1F. The Morgan fingerprint density at radius 1 is 1.17 bits per heavy atom. The quantitative estimate of drug-likeness (QED) is 0.647. The van der Waals surface area contributed by atoms with Gasteiger partial charge >= 0.3 is 0 Å². The zero-order valence-electron chi connectivity index (χ0n) is 10.6. The van der Waals surface area contributed by atoms with E-state index in [1.165, 1.54) is 6.07 Å². The molecule has 0 aliphatic carbocycles. The zero-order valence-corrected chi connectivity index (χ0v) is 12.2. The molecule has 0 unspecified atom stereocenters. The van der Waals surface area contributed by atoms with Crippen LogP contribution in [0.4, 0.5) is 8.78 Å². The van der Waals surface area contributed by atoms with Crippen LogP contribution in [0.3, 0.4) is 0 Å². The van der Waals surface area contributed by atoms with Gasteiger partial charge in [0.15, 0.2) is 0 Å². The lowest BCUT2D eigenvalue weighted by Crippen LogP contribution is -2.30. The first-order valence-electron chi connectivity index (χ1n) is 5.98. The molecule has 0 aliphatic heterocycles. The van der Waals surface area contributed by atoms with Crippen LogP contribution in [0, 0.1) is 23.0 Å². The second kappa shape index (κ2) is 6.72. The third kappa shape index (κ3) is 4.10. The van der Waals surface area contributed by atoms with Gasteiger partial charge in [0, 0.05) is 17.2 Å². The van der Waals surface area contributed by atoms with E-state index in [0.717, 1.165) is 18.6 Å². The summed E-state index contributed by atoms with van der Waals surface area (Å²) >= 11 is 12.0. The van der Waals surface area contributed by atoms with E-state index in [0.29, 0.717) is 29.7 Å². The van der Waals surface area contributed by atoms with Gasteiger partial charge in [0.1, 0.15) is 11.6 Å². The highest BCUT2D eigenvalue weighted by atomic mass is 35.5. The summed E-state index contributed by atoms with van der Waals surface area (Å²) in [6.07, 6.45) is 1.15. The molecule has 0 aromatic heterocycles. The van der Waals surface area contributed by atoms with Crippen molar-refractivity contribution in [3.05, 3.63) is 35.4 Å². The fraction of sp³-hybridized carbons (Fsp3) is 0.571. The Morgan fingerprint density at radius 2 is 1.78 bits per heavy atom. The summed E-state index contributed by atoms with van der Waals surface area (Å²) in [7, 11) is 0. The van der Waals surface area contributed by atoms with E-state index in [1.54, 1.807) is 0 Å². The molecule has 4 heteroatoms. The minimum Gasteiger partial charge on any atom is -0.207 e. The number of hydrogen-bond acceptors (Lipinski definition) is 0. The maximum absolute atomic E-state index is 13.7. The first-order valence-corrected chi connectivity index (χ1v) is 7.05. The van der Waals surface area contributed by atoms with E-state index in [1.807, 2.05) is 0 Å². The molecular weight excluding hydrogens is 277 g/mol. The Morgan fingerprint density at radius 3 is 2.28 bits per heavy atom. The third-order valence-electron chi connectivity index (χ3n) is 2.98. The van der Waals surface area contributed by atoms with Crippen molar-refractivity contribution in [2.45, 2.75) is 26.7 Å². The average molecular weight is 295 g/mol. The average Bonchev–Trinajstić information content (AvgIpc) is 2.32. The molecule has 0 saturated heterocycles. The fourth-order valence-corrected chi connectivity index (χ4v) is 2.95. The number of rotatable bonds is 6. The van der Waals surface area contributed by atoms with Crippen molar-refractivity contribution in [3.63, 3.8) is 0 Å². The lowest BCUT2D eigenvalue weighted by Gasteiger charge is -2.31. The van der Waals surface area contributed by atoms with Crippen molar-refractivity contribution in [1.29, 1.82) is 0 Å². The Hall–Kier alpha value is -0.340. The summed E-state index contributed by atoms with van der Waals surface area (Å²) < 4.78 is 26.8. The van der Waals surface area contributed by atoms with Crippen LogP contribution < -0.4 is 0 Å². The minimum absolute atomic E-state index is 0.338. The lowest BCUT2D eigenvalue weighted by molar-refractivity contribution is 0.292. The van der Waals surface area contributed by atoms with E-state index in [2.05, 4.69) is 13.8 Å². The second-order valence-corrected chi connectivity index (χ2v) is 5.81. The van der Waals surface area contributed by atoms with Crippen molar-refractivity contribution < 1.29 is 8.78 Å². The molecule has 0 fully saturated rings. The molecule has 0 aliphatic rings. The fourth-order valence-electron chi connectivity index (χ4n) is 2.26. The summed E-state index contributed by atoms with van der Waals surface area (Å²) in [4.78, 5) is 0. The molecule has 0 saturated carbocycles. The molecule has 1 aromatic rings. The Kier molecular flexibility index (Phi) is 5.87. The molecular formula is C14H18Cl2F2. The summed E-state index contributed by atoms with van der Waals surface area (Å²) in [5, 5.41) is 0. The molecule has 0 nitrogen and oxygen atoms in total. The minimum atomic E-state index is -0.436. The summed E-state index contributed by atoms with van der Waals surface area (Å²) in [6, 6.07) is 3.49. The number of benzene rings is 1. The number of alkyl halides is 2. The Bertz CT molecular complexity index is 387. The summed E-state index contributed by atoms with van der Waals surface area (Å²) in [5.41, 5.74) is -0.0386. The van der Waals surface area contributed by atoms with E-state index in [-0.39, 0.29) is 5.41 Å². The standard InChI is InChI=1S/C14H18Cl2F2/c1-10(2)6-14(8-15,9-16)7-11-5-12(17)3-4-13(11)18/h3-5,10H,6-9H2,1-2H3. The number of hydrogen-bond donors (Lipinski definition) is 0. The van der Waals surface area contributed by atoms with Crippen molar-refractivity contribution in [3.8, 4) is 0 Å². The second-order valence-electron chi connectivity index (χ2n) is 5.28. The molecule has 18 heavy (non-hydrogen) atoms. The molecule has 102 valence electrons. The van der Waals surface area contributed by atoms with Crippen LogP contribution in [-0.4, -0.2) is 11.8 Å². The van der Waals surface area contributed by atoms with Crippen LogP contribution in [0.25, 0.3) is 0 Å². The number of halogens is 4. The van der Waals surface area contributed by atoms with Crippen LogP contribution in [0.15, 0.2) is 18.2 Å². The lowest BCUT2D eigenvalue weighted by atomic mass is 9.78. The van der Waals surface area contributed by atoms with E-state index in [9.17, 15) is 8.78 Å². The Balaban J connectivity index is 2.98. The molecule has 0 heterocycles. The van der Waals surface area contributed by atoms with Crippen LogP contribution in [-0.2, 0) is 6.42 Å². The normalized spacial score (nSPS) is 12.2. The predicted molar refractivity (Wildman–Crippen MR) is 73.4 cm³/mol. The first-order chi connectivity index (χ1) is 8.42. The van der Waals surface area contributed by atoms with Crippen molar-refractivity contribution >= 4 is 23.2 Å².